The summed E-state index contributed by atoms with van der Waals surface area (Å²) in [5, 5.41) is 2.82. The van der Waals surface area contributed by atoms with Crippen LogP contribution in [0, 0.1) is 5.92 Å². The number of amides is 1. The molecule has 1 fully saturated rings. The van der Waals surface area contributed by atoms with Gasteiger partial charge < -0.3 is 10.1 Å². The Hall–Kier alpha value is -2.14. The first kappa shape index (κ1) is 18.2. The Labute approximate surface area is 143 Å². The van der Waals surface area contributed by atoms with Crippen LogP contribution in [0.25, 0.3) is 0 Å². The standard InChI is InChI=1S/C19H26N2O3/c1-4-11-20-19(23)14(2)21-12-9-16(10-13-21)18(22)15-5-7-17(24-3)8-6-15/h4-8,14,16H,1,9-13H2,2-3H3,(H,20,23)/t14-/m1/s1. The summed E-state index contributed by atoms with van der Waals surface area (Å²) in [6.07, 6.45) is 3.23. The molecule has 0 bridgehead atoms. The number of carbonyl (C=O) groups is 2. The van der Waals surface area contributed by atoms with Crippen LogP contribution in [-0.2, 0) is 4.79 Å². The van der Waals surface area contributed by atoms with Gasteiger partial charge in [-0.25, -0.2) is 0 Å². The van der Waals surface area contributed by atoms with Gasteiger partial charge in [0, 0.05) is 18.0 Å². The van der Waals surface area contributed by atoms with E-state index in [1.807, 2.05) is 31.2 Å². The maximum Gasteiger partial charge on any atom is 0.237 e. The van der Waals surface area contributed by atoms with Crippen molar-refractivity contribution in [3.05, 3.63) is 42.5 Å². The van der Waals surface area contributed by atoms with E-state index in [2.05, 4.69) is 16.8 Å². The molecule has 1 N–H and O–H groups in total. The number of carbonyl (C=O) groups excluding carboxylic acids is 2. The summed E-state index contributed by atoms with van der Waals surface area (Å²) in [6.45, 7) is 7.51. The third-order valence-corrected chi connectivity index (χ3v) is 4.62. The molecule has 0 aromatic heterocycles. The summed E-state index contributed by atoms with van der Waals surface area (Å²) < 4.78 is 5.12. The Kier molecular flexibility index (Phi) is 6.55. The Bertz CT molecular complexity index is 575. The highest BCUT2D eigenvalue weighted by Crippen LogP contribution is 2.24. The van der Waals surface area contributed by atoms with Crippen LogP contribution in [0.5, 0.6) is 5.75 Å². The monoisotopic (exact) mass is 330 g/mol. The fourth-order valence-electron chi connectivity index (χ4n) is 3.03. The molecule has 1 aromatic carbocycles. The normalized spacial score (nSPS) is 17.1. The van der Waals surface area contributed by atoms with E-state index in [1.165, 1.54) is 0 Å². The summed E-state index contributed by atoms with van der Waals surface area (Å²) in [5.41, 5.74) is 0.728. The molecule has 0 unspecified atom stereocenters. The fourth-order valence-corrected chi connectivity index (χ4v) is 3.03. The van der Waals surface area contributed by atoms with Crippen LogP contribution in [0.15, 0.2) is 36.9 Å². The molecule has 1 aliphatic heterocycles. The molecule has 0 saturated carbocycles. The van der Waals surface area contributed by atoms with E-state index in [4.69, 9.17) is 4.74 Å². The predicted octanol–water partition coefficient (Wildman–Crippen LogP) is 2.28. The summed E-state index contributed by atoms with van der Waals surface area (Å²) in [7, 11) is 1.61. The van der Waals surface area contributed by atoms with Crippen molar-refractivity contribution in [3.63, 3.8) is 0 Å². The lowest BCUT2D eigenvalue weighted by molar-refractivity contribution is -0.126. The van der Waals surface area contributed by atoms with Gasteiger partial charge in [0.1, 0.15) is 5.75 Å². The molecular formula is C19H26N2O3. The molecule has 1 heterocycles. The van der Waals surface area contributed by atoms with E-state index >= 15 is 0 Å². The van der Waals surface area contributed by atoms with Crippen molar-refractivity contribution in [1.29, 1.82) is 0 Å². The zero-order valence-corrected chi connectivity index (χ0v) is 14.5. The Morgan fingerprint density at radius 3 is 2.50 bits per heavy atom. The van der Waals surface area contributed by atoms with E-state index in [0.29, 0.717) is 6.54 Å². The van der Waals surface area contributed by atoms with E-state index in [-0.39, 0.29) is 23.7 Å². The number of piperidine rings is 1. The number of hydrogen-bond donors (Lipinski definition) is 1. The predicted molar refractivity (Wildman–Crippen MR) is 94.3 cm³/mol. The Morgan fingerprint density at radius 2 is 1.96 bits per heavy atom. The second-order valence-corrected chi connectivity index (χ2v) is 6.11. The van der Waals surface area contributed by atoms with Crippen molar-refractivity contribution in [1.82, 2.24) is 10.2 Å². The van der Waals surface area contributed by atoms with Crippen LogP contribution in [0.1, 0.15) is 30.1 Å². The van der Waals surface area contributed by atoms with E-state index in [1.54, 1.807) is 13.2 Å². The van der Waals surface area contributed by atoms with Gasteiger partial charge in [0.05, 0.1) is 13.2 Å². The Morgan fingerprint density at radius 1 is 1.33 bits per heavy atom. The molecule has 1 aliphatic rings. The smallest absolute Gasteiger partial charge is 0.237 e. The number of ketones is 1. The van der Waals surface area contributed by atoms with Crippen LogP contribution >= 0.6 is 0 Å². The van der Waals surface area contributed by atoms with Gasteiger partial charge in [0.25, 0.3) is 0 Å². The minimum atomic E-state index is -0.179. The van der Waals surface area contributed by atoms with Gasteiger partial charge in [-0.3, -0.25) is 14.5 Å². The number of nitrogens with one attached hydrogen (secondary N) is 1. The van der Waals surface area contributed by atoms with Crippen molar-refractivity contribution in [2.45, 2.75) is 25.8 Å². The number of methoxy groups -OCH3 is 1. The zero-order valence-electron chi connectivity index (χ0n) is 14.5. The van der Waals surface area contributed by atoms with Crippen LogP contribution in [0.4, 0.5) is 0 Å². The van der Waals surface area contributed by atoms with E-state index < -0.39 is 0 Å². The largest absolute Gasteiger partial charge is 0.497 e. The van der Waals surface area contributed by atoms with Crippen molar-refractivity contribution in [3.8, 4) is 5.75 Å². The summed E-state index contributed by atoms with van der Waals surface area (Å²) in [5.74, 6) is 0.967. The highest BCUT2D eigenvalue weighted by molar-refractivity contribution is 5.98. The number of Topliss-reactive ketones (excluding diaryl/α,β-unsaturated/α-hetero) is 1. The van der Waals surface area contributed by atoms with Crippen LogP contribution < -0.4 is 10.1 Å². The first-order valence-corrected chi connectivity index (χ1v) is 8.37. The third kappa shape index (κ3) is 4.45. The maximum absolute atomic E-state index is 12.6. The van der Waals surface area contributed by atoms with Gasteiger partial charge in [-0.15, -0.1) is 6.58 Å². The minimum Gasteiger partial charge on any atom is -0.497 e. The summed E-state index contributed by atoms with van der Waals surface area (Å²) in [4.78, 5) is 26.8. The average Bonchev–Trinajstić information content (AvgIpc) is 2.65. The lowest BCUT2D eigenvalue weighted by atomic mass is 9.88. The number of likely N-dealkylation sites (tertiary alicyclic amines) is 1. The molecule has 130 valence electrons. The topological polar surface area (TPSA) is 58.6 Å². The first-order chi connectivity index (χ1) is 11.6. The molecule has 1 atom stereocenters. The van der Waals surface area contributed by atoms with E-state index in [9.17, 15) is 9.59 Å². The molecule has 24 heavy (non-hydrogen) atoms. The number of ether oxygens (including phenoxy) is 1. The zero-order chi connectivity index (χ0) is 17.5. The molecule has 1 aromatic rings. The second-order valence-electron chi connectivity index (χ2n) is 6.11. The maximum atomic E-state index is 12.6. The van der Waals surface area contributed by atoms with Crippen molar-refractivity contribution in [2.24, 2.45) is 5.92 Å². The van der Waals surface area contributed by atoms with Gasteiger partial charge in [-0.05, 0) is 57.1 Å². The molecule has 5 nitrogen and oxygen atoms in total. The molecule has 0 radical (unpaired) electrons. The van der Waals surface area contributed by atoms with Crippen molar-refractivity contribution in [2.75, 3.05) is 26.7 Å². The molecule has 2 rings (SSSR count). The Balaban J connectivity index is 1.88. The fraction of sp³-hybridized carbons (Fsp3) is 0.474. The second kappa shape index (κ2) is 8.64. The average molecular weight is 330 g/mol. The van der Waals surface area contributed by atoms with Gasteiger partial charge in [0.15, 0.2) is 5.78 Å². The highest BCUT2D eigenvalue weighted by Gasteiger charge is 2.29. The molecule has 0 aliphatic carbocycles. The minimum absolute atomic E-state index is 0.00910. The van der Waals surface area contributed by atoms with Crippen molar-refractivity contribution < 1.29 is 14.3 Å². The van der Waals surface area contributed by atoms with E-state index in [0.717, 1.165) is 37.2 Å². The summed E-state index contributed by atoms with van der Waals surface area (Å²) >= 11 is 0. The lowest BCUT2D eigenvalue weighted by Crippen LogP contribution is -2.49. The molecule has 5 heteroatoms. The first-order valence-electron chi connectivity index (χ1n) is 8.37. The van der Waals surface area contributed by atoms with Crippen LogP contribution in [0.3, 0.4) is 0 Å². The number of nitrogens with zero attached hydrogens (tertiary/aromatic N) is 1. The van der Waals surface area contributed by atoms with Crippen LogP contribution in [0.2, 0.25) is 0 Å². The van der Waals surface area contributed by atoms with Gasteiger partial charge in [-0.1, -0.05) is 6.08 Å². The molecule has 1 saturated heterocycles. The molecule has 0 spiro atoms. The van der Waals surface area contributed by atoms with Gasteiger partial charge >= 0.3 is 0 Å². The highest BCUT2D eigenvalue weighted by atomic mass is 16.5. The summed E-state index contributed by atoms with van der Waals surface area (Å²) in [6, 6.07) is 7.09. The molecule has 1 amide bonds. The quantitative estimate of drug-likeness (QED) is 0.615. The number of hydrogen-bond acceptors (Lipinski definition) is 4. The van der Waals surface area contributed by atoms with Gasteiger partial charge in [0.2, 0.25) is 5.91 Å². The third-order valence-electron chi connectivity index (χ3n) is 4.62. The number of benzene rings is 1. The lowest BCUT2D eigenvalue weighted by Gasteiger charge is -2.34. The SMILES string of the molecule is C=CCNC(=O)[C@@H](C)N1CCC(C(=O)c2ccc(OC)cc2)CC1. The number of rotatable bonds is 7. The van der Waals surface area contributed by atoms with Crippen LogP contribution in [-0.4, -0.2) is 49.4 Å². The van der Waals surface area contributed by atoms with Crippen molar-refractivity contribution >= 4 is 11.7 Å². The molecular weight excluding hydrogens is 304 g/mol. The van der Waals surface area contributed by atoms with Gasteiger partial charge in [-0.2, -0.15) is 0 Å².